The summed E-state index contributed by atoms with van der Waals surface area (Å²) in [4.78, 5) is 49.5. The summed E-state index contributed by atoms with van der Waals surface area (Å²) in [5, 5.41) is 19.3. The van der Waals surface area contributed by atoms with Crippen LogP contribution in [-0.2, 0) is 23.9 Å². The molecule has 4 N–H and O–H groups in total. The van der Waals surface area contributed by atoms with Crippen molar-refractivity contribution in [2.24, 2.45) is 11.8 Å². The van der Waals surface area contributed by atoms with Gasteiger partial charge in [-0.1, -0.05) is 13.8 Å². The van der Waals surface area contributed by atoms with Gasteiger partial charge in [-0.25, -0.2) is 0 Å². The molecule has 0 unspecified atom stereocenters. The third-order valence-electron chi connectivity index (χ3n) is 5.57. The molecule has 0 spiro atoms. The highest BCUT2D eigenvalue weighted by molar-refractivity contribution is 5.93. The summed E-state index contributed by atoms with van der Waals surface area (Å²) in [5.74, 6) is -3.45. The maximum Gasteiger partial charge on any atom is 0.315 e. The Kier molecular flexibility index (Phi) is 12.2. The molecule has 0 radical (unpaired) electrons. The van der Waals surface area contributed by atoms with E-state index < -0.39 is 54.0 Å². The fourth-order valence-corrected chi connectivity index (χ4v) is 3.93. The molecular formula is C24H39F2N5O5. The molecule has 4 amide bonds. The number of nitriles is 1. The number of hydrogen-bond donors (Lipinski definition) is 4. The fraction of sp³-hybridized carbons (Fsp3) is 0.792. The van der Waals surface area contributed by atoms with E-state index >= 15 is 0 Å². The van der Waals surface area contributed by atoms with Crippen molar-refractivity contribution >= 4 is 23.6 Å². The molecule has 5 atom stereocenters. The van der Waals surface area contributed by atoms with Gasteiger partial charge >= 0.3 is 6.43 Å². The summed E-state index contributed by atoms with van der Waals surface area (Å²) in [5.41, 5.74) is -0.738. The third kappa shape index (κ3) is 10.8. The summed E-state index contributed by atoms with van der Waals surface area (Å²) in [6, 6.07) is -1.45. The predicted octanol–water partition coefficient (Wildman–Crippen LogP) is 1.40. The number of hydrogen-bond acceptors (Lipinski definition) is 6. The zero-order valence-electron chi connectivity index (χ0n) is 21.8. The fourth-order valence-electron chi connectivity index (χ4n) is 3.93. The number of nitrogens with one attached hydrogen (secondary N) is 4. The highest BCUT2D eigenvalue weighted by Crippen LogP contribution is 2.18. The molecule has 1 heterocycles. The Morgan fingerprint density at radius 1 is 1.11 bits per heavy atom. The number of carbonyl (C=O) groups is 4. The van der Waals surface area contributed by atoms with Gasteiger partial charge in [-0.15, -0.1) is 0 Å². The van der Waals surface area contributed by atoms with E-state index in [0.717, 1.165) is 0 Å². The van der Waals surface area contributed by atoms with Gasteiger partial charge in [0.25, 0.3) is 5.91 Å². The Labute approximate surface area is 211 Å². The van der Waals surface area contributed by atoms with Gasteiger partial charge < -0.3 is 26.0 Å². The van der Waals surface area contributed by atoms with Crippen LogP contribution in [0.4, 0.5) is 8.78 Å². The molecule has 0 aromatic heterocycles. The normalized spacial score (nSPS) is 19.1. The van der Waals surface area contributed by atoms with Crippen LogP contribution < -0.4 is 21.3 Å². The molecule has 0 bridgehead atoms. The first-order valence-corrected chi connectivity index (χ1v) is 12.2. The highest BCUT2D eigenvalue weighted by atomic mass is 19.3. The van der Waals surface area contributed by atoms with E-state index in [1.54, 1.807) is 20.8 Å². The van der Waals surface area contributed by atoms with Crippen LogP contribution in [0.1, 0.15) is 67.2 Å². The van der Waals surface area contributed by atoms with Crippen LogP contribution in [0.3, 0.4) is 0 Å². The molecule has 36 heavy (non-hydrogen) atoms. The van der Waals surface area contributed by atoms with Crippen molar-refractivity contribution in [1.29, 1.82) is 5.26 Å². The number of carbonyl (C=O) groups excluding carboxylic acids is 4. The topological polar surface area (TPSA) is 149 Å². The molecule has 1 rings (SSSR count). The van der Waals surface area contributed by atoms with Gasteiger partial charge in [0.05, 0.1) is 17.8 Å². The van der Waals surface area contributed by atoms with E-state index in [9.17, 15) is 33.2 Å². The molecular weight excluding hydrogens is 476 g/mol. The molecule has 0 aliphatic carbocycles. The lowest BCUT2D eigenvalue weighted by Crippen LogP contribution is -2.59. The molecule has 1 aliphatic heterocycles. The van der Waals surface area contributed by atoms with Crippen molar-refractivity contribution in [3.8, 4) is 6.07 Å². The average molecular weight is 516 g/mol. The third-order valence-corrected chi connectivity index (χ3v) is 5.57. The second-order valence-electron chi connectivity index (χ2n) is 10.5. The quantitative estimate of drug-likeness (QED) is 0.291. The monoisotopic (exact) mass is 515 g/mol. The van der Waals surface area contributed by atoms with Gasteiger partial charge in [0.1, 0.15) is 18.1 Å². The predicted molar refractivity (Wildman–Crippen MR) is 128 cm³/mol. The molecule has 1 fully saturated rings. The van der Waals surface area contributed by atoms with Crippen molar-refractivity contribution in [1.82, 2.24) is 21.3 Å². The van der Waals surface area contributed by atoms with Crippen LogP contribution in [-0.4, -0.2) is 66.4 Å². The molecule has 1 saturated heterocycles. The first-order valence-electron chi connectivity index (χ1n) is 12.2. The minimum absolute atomic E-state index is 0.0406. The number of halogens is 2. The zero-order chi connectivity index (χ0) is 27.6. The number of alkyl halides is 2. The zero-order valence-corrected chi connectivity index (χ0v) is 21.8. The first-order chi connectivity index (χ1) is 16.6. The van der Waals surface area contributed by atoms with Crippen molar-refractivity contribution in [3.63, 3.8) is 0 Å². The summed E-state index contributed by atoms with van der Waals surface area (Å²) >= 11 is 0. The van der Waals surface area contributed by atoms with Crippen LogP contribution in [0, 0.1) is 23.2 Å². The summed E-state index contributed by atoms with van der Waals surface area (Å²) in [6.45, 7) is 10.8. The Hall–Kier alpha value is -2.81. The van der Waals surface area contributed by atoms with E-state index in [1.165, 1.54) is 6.92 Å². The standard InChI is InChI=1S/C24H39F2N5O5/c1-13(2)11-17(21(33)29-16(12-27)8-7-15-9-10-28-20(15)32)30-22(34)18(31-23(35)19(25)26)14(3)36-24(4,5)6/h13-19H,7-11H2,1-6H3,(H,28,32)(H,29,33)(H,30,34)(H,31,35)/t14-,15-,16+,17+,18+/m1/s1. The van der Waals surface area contributed by atoms with Crippen molar-refractivity contribution in [2.75, 3.05) is 6.54 Å². The Balaban J connectivity index is 2.96. The molecule has 12 heteroatoms. The highest BCUT2D eigenvalue weighted by Gasteiger charge is 2.35. The number of nitrogens with zero attached hydrogens (tertiary/aromatic N) is 1. The molecule has 0 saturated carbocycles. The smallest absolute Gasteiger partial charge is 0.315 e. The Morgan fingerprint density at radius 2 is 1.75 bits per heavy atom. The van der Waals surface area contributed by atoms with Gasteiger partial charge in [-0.3, -0.25) is 19.2 Å². The maximum atomic E-state index is 13.1. The average Bonchev–Trinajstić information content (AvgIpc) is 3.16. The molecule has 0 aromatic rings. The van der Waals surface area contributed by atoms with Crippen LogP contribution in [0.5, 0.6) is 0 Å². The van der Waals surface area contributed by atoms with Gasteiger partial charge in [0.2, 0.25) is 17.7 Å². The molecule has 1 aliphatic rings. The number of amides is 4. The Bertz CT molecular complexity index is 825. The van der Waals surface area contributed by atoms with E-state index in [0.29, 0.717) is 19.4 Å². The van der Waals surface area contributed by atoms with Gasteiger partial charge in [0.15, 0.2) is 0 Å². The number of ether oxygens (including phenoxy) is 1. The summed E-state index contributed by atoms with van der Waals surface area (Å²) in [7, 11) is 0. The second kappa shape index (κ2) is 14.1. The van der Waals surface area contributed by atoms with E-state index in [1.807, 2.05) is 25.2 Å². The lowest BCUT2D eigenvalue weighted by atomic mass is 9.98. The van der Waals surface area contributed by atoms with Crippen LogP contribution in [0.15, 0.2) is 0 Å². The van der Waals surface area contributed by atoms with Crippen LogP contribution in [0.2, 0.25) is 0 Å². The van der Waals surface area contributed by atoms with Crippen LogP contribution in [0.25, 0.3) is 0 Å². The SMILES string of the molecule is CC(C)C[C@H](NC(=O)[C@@H](NC(=O)C(F)F)[C@@H](C)OC(C)(C)C)C(=O)N[C@H](C#N)CC[C@@H]1CCNC1=O. The lowest BCUT2D eigenvalue weighted by molar-refractivity contribution is -0.143. The van der Waals surface area contributed by atoms with Gasteiger partial charge in [0, 0.05) is 12.5 Å². The Morgan fingerprint density at radius 3 is 2.22 bits per heavy atom. The largest absolute Gasteiger partial charge is 0.370 e. The molecule has 204 valence electrons. The maximum absolute atomic E-state index is 13.1. The lowest BCUT2D eigenvalue weighted by Gasteiger charge is -2.32. The van der Waals surface area contributed by atoms with Crippen molar-refractivity contribution in [3.05, 3.63) is 0 Å². The minimum atomic E-state index is -3.34. The first kappa shape index (κ1) is 31.2. The molecule has 10 nitrogen and oxygen atoms in total. The second-order valence-corrected chi connectivity index (χ2v) is 10.5. The van der Waals surface area contributed by atoms with Gasteiger partial charge in [-0.05, 0) is 59.3 Å². The van der Waals surface area contributed by atoms with Crippen molar-refractivity contribution in [2.45, 2.75) is 103 Å². The number of rotatable bonds is 13. The van der Waals surface area contributed by atoms with E-state index in [4.69, 9.17) is 4.74 Å². The van der Waals surface area contributed by atoms with E-state index in [-0.39, 0.29) is 30.6 Å². The van der Waals surface area contributed by atoms with Crippen LogP contribution >= 0.6 is 0 Å². The minimum Gasteiger partial charge on any atom is -0.370 e. The summed E-state index contributed by atoms with van der Waals surface area (Å²) < 4.78 is 31.5. The summed E-state index contributed by atoms with van der Waals surface area (Å²) in [6.07, 6.45) is -2.78. The van der Waals surface area contributed by atoms with Gasteiger partial charge in [-0.2, -0.15) is 14.0 Å². The van der Waals surface area contributed by atoms with E-state index in [2.05, 4.69) is 16.0 Å². The molecule has 0 aromatic carbocycles. The van der Waals surface area contributed by atoms with Crippen molar-refractivity contribution < 1.29 is 32.7 Å².